The fourth-order valence-electron chi connectivity index (χ4n) is 2.40. The minimum atomic E-state index is -0.790. The molecule has 0 aliphatic heterocycles. The van der Waals surface area contributed by atoms with Gasteiger partial charge in [0.05, 0.1) is 6.33 Å². The minimum absolute atomic E-state index is 0.0163. The molecule has 0 fully saturated rings. The highest BCUT2D eigenvalue weighted by atomic mass is 19.1. The van der Waals surface area contributed by atoms with E-state index in [1.54, 1.807) is 0 Å². The van der Waals surface area contributed by atoms with E-state index in [-0.39, 0.29) is 17.1 Å². The van der Waals surface area contributed by atoms with Crippen LogP contribution in [0.1, 0.15) is 26.1 Å². The monoisotopic (exact) mass is 345 g/mol. The molecule has 25 heavy (non-hydrogen) atoms. The standard InChI is InChI=1S/C17H17F2N5O/c1-3-10(2)6-15-22-16(12-8-20-9-21-17(12)25)24(23-15)14-5-4-11(18)7-13(14)19/h4-5,7-10H,3,6H2,1-2H3,(H,20,21,25). The number of aromatic amines is 1. The van der Waals surface area contributed by atoms with Gasteiger partial charge in [-0.3, -0.25) is 4.79 Å². The molecular formula is C17H17F2N5O. The summed E-state index contributed by atoms with van der Waals surface area (Å²) in [7, 11) is 0. The normalized spacial score (nSPS) is 12.3. The van der Waals surface area contributed by atoms with Crippen LogP contribution < -0.4 is 5.56 Å². The lowest BCUT2D eigenvalue weighted by Crippen LogP contribution is -2.12. The van der Waals surface area contributed by atoms with E-state index < -0.39 is 17.2 Å². The number of hydrogen-bond acceptors (Lipinski definition) is 4. The Kier molecular flexibility index (Phi) is 4.69. The maximum atomic E-state index is 14.2. The molecule has 0 amide bonds. The first-order chi connectivity index (χ1) is 12.0. The molecule has 3 aromatic rings. The van der Waals surface area contributed by atoms with Gasteiger partial charge >= 0.3 is 0 Å². The minimum Gasteiger partial charge on any atom is -0.313 e. The van der Waals surface area contributed by atoms with Crippen molar-refractivity contribution >= 4 is 0 Å². The van der Waals surface area contributed by atoms with Gasteiger partial charge < -0.3 is 4.98 Å². The van der Waals surface area contributed by atoms with Gasteiger partial charge in [-0.25, -0.2) is 23.4 Å². The first-order valence-corrected chi connectivity index (χ1v) is 7.94. The van der Waals surface area contributed by atoms with Crippen molar-refractivity contribution in [2.24, 2.45) is 5.92 Å². The van der Waals surface area contributed by atoms with Crippen molar-refractivity contribution in [2.75, 3.05) is 0 Å². The molecule has 0 saturated heterocycles. The van der Waals surface area contributed by atoms with Crippen LogP contribution in [-0.2, 0) is 6.42 Å². The number of nitrogens with zero attached hydrogens (tertiary/aromatic N) is 4. The third-order valence-corrected chi connectivity index (χ3v) is 3.98. The summed E-state index contributed by atoms with van der Waals surface area (Å²) in [4.78, 5) is 22.8. The number of hydrogen-bond donors (Lipinski definition) is 1. The molecule has 2 aromatic heterocycles. The van der Waals surface area contributed by atoms with Crippen LogP contribution in [0.3, 0.4) is 0 Å². The van der Waals surface area contributed by atoms with Crippen LogP contribution in [-0.4, -0.2) is 24.7 Å². The van der Waals surface area contributed by atoms with Crippen LogP contribution in [0.15, 0.2) is 35.5 Å². The van der Waals surface area contributed by atoms with E-state index in [4.69, 9.17) is 0 Å². The third kappa shape index (κ3) is 3.47. The smallest absolute Gasteiger partial charge is 0.261 e. The van der Waals surface area contributed by atoms with Gasteiger partial charge in [-0.1, -0.05) is 20.3 Å². The van der Waals surface area contributed by atoms with Crippen molar-refractivity contribution in [2.45, 2.75) is 26.7 Å². The van der Waals surface area contributed by atoms with E-state index in [0.29, 0.717) is 18.2 Å². The second-order valence-electron chi connectivity index (χ2n) is 5.87. The van der Waals surface area contributed by atoms with Crippen molar-refractivity contribution in [3.63, 3.8) is 0 Å². The fraction of sp³-hybridized carbons (Fsp3) is 0.294. The lowest BCUT2D eigenvalue weighted by atomic mass is 10.1. The van der Waals surface area contributed by atoms with Gasteiger partial charge in [-0.15, -0.1) is 0 Å². The largest absolute Gasteiger partial charge is 0.313 e. The highest BCUT2D eigenvalue weighted by molar-refractivity contribution is 5.55. The van der Waals surface area contributed by atoms with Crippen LogP contribution in [0.5, 0.6) is 0 Å². The van der Waals surface area contributed by atoms with Crippen molar-refractivity contribution in [3.8, 4) is 17.1 Å². The zero-order valence-corrected chi connectivity index (χ0v) is 13.8. The molecular weight excluding hydrogens is 328 g/mol. The van der Waals surface area contributed by atoms with Gasteiger partial charge in [-0.05, 0) is 18.1 Å². The molecule has 130 valence electrons. The molecule has 1 N–H and O–H groups in total. The molecule has 8 heteroatoms. The molecule has 0 aliphatic carbocycles. The first-order valence-electron chi connectivity index (χ1n) is 7.94. The number of nitrogens with one attached hydrogen (secondary N) is 1. The number of H-pyrrole nitrogens is 1. The average Bonchev–Trinajstić information content (AvgIpc) is 2.98. The lowest BCUT2D eigenvalue weighted by molar-refractivity contribution is 0.540. The van der Waals surface area contributed by atoms with Gasteiger partial charge in [0.1, 0.15) is 17.1 Å². The average molecular weight is 345 g/mol. The second kappa shape index (κ2) is 6.92. The van der Waals surface area contributed by atoms with Gasteiger partial charge in [0.25, 0.3) is 5.56 Å². The Bertz CT molecular complexity index is 950. The van der Waals surface area contributed by atoms with Gasteiger partial charge in [0, 0.05) is 18.7 Å². The van der Waals surface area contributed by atoms with E-state index >= 15 is 0 Å². The van der Waals surface area contributed by atoms with Crippen LogP contribution in [0.25, 0.3) is 17.1 Å². The van der Waals surface area contributed by atoms with E-state index in [1.807, 2.05) is 6.92 Å². The number of benzene rings is 1. The Balaban J connectivity index is 2.18. The van der Waals surface area contributed by atoms with E-state index in [9.17, 15) is 13.6 Å². The Morgan fingerprint density at radius 2 is 2.12 bits per heavy atom. The van der Waals surface area contributed by atoms with Gasteiger partial charge in [0.15, 0.2) is 17.5 Å². The fourth-order valence-corrected chi connectivity index (χ4v) is 2.40. The third-order valence-electron chi connectivity index (χ3n) is 3.98. The van der Waals surface area contributed by atoms with Gasteiger partial charge in [-0.2, -0.15) is 5.10 Å². The molecule has 0 spiro atoms. The highest BCUT2D eigenvalue weighted by Gasteiger charge is 2.20. The van der Waals surface area contributed by atoms with E-state index in [0.717, 1.165) is 18.6 Å². The number of rotatable bonds is 5. The molecule has 0 radical (unpaired) electrons. The maximum Gasteiger partial charge on any atom is 0.261 e. The number of halogens is 2. The Hall–Kier alpha value is -2.90. The van der Waals surface area contributed by atoms with E-state index in [2.05, 4.69) is 27.0 Å². The Morgan fingerprint density at radius 1 is 1.32 bits per heavy atom. The molecule has 1 aromatic carbocycles. The van der Waals surface area contributed by atoms with E-state index in [1.165, 1.54) is 23.3 Å². The highest BCUT2D eigenvalue weighted by Crippen LogP contribution is 2.22. The predicted molar refractivity (Wildman–Crippen MR) is 88.3 cm³/mol. The van der Waals surface area contributed by atoms with Crippen LogP contribution in [0.2, 0.25) is 0 Å². The summed E-state index contributed by atoms with van der Waals surface area (Å²) in [5.41, 5.74) is -0.238. The summed E-state index contributed by atoms with van der Waals surface area (Å²) in [6.07, 6.45) is 4.11. The molecule has 3 rings (SSSR count). The topological polar surface area (TPSA) is 76.5 Å². The Morgan fingerprint density at radius 3 is 2.80 bits per heavy atom. The summed E-state index contributed by atoms with van der Waals surface area (Å²) in [5.74, 6) is -0.507. The molecule has 0 saturated carbocycles. The SMILES string of the molecule is CCC(C)Cc1nc(-c2cnc[nH]c2=O)n(-c2ccc(F)cc2F)n1. The molecule has 1 unspecified atom stereocenters. The van der Waals surface area contributed by atoms with Crippen LogP contribution in [0.4, 0.5) is 8.78 Å². The van der Waals surface area contributed by atoms with Crippen LogP contribution >= 0.6 is 0 Å². The molecule has 1 atom stereocenters. The predicted octanol–water partition coefficient (Wildman–Crippen LogP) is 2.88. The summed E-state index contributed by atoms with van der Waals surface area (Å²) >= 11 is 0. The van der Waals surface area contributed by atoms with Crippen molar-refractivity contribution < 1.29 is 8.78 Å². The zero-order chi connectivity index (χ0) is 18.0. The zero-order valence-electron chi connectivity index (χ0n) is 13.8. The Labute approximate surface area is 142 Å². The van der Waals surface area contributed by atoms with Crippen molar-refractivity contribution in [1.29, 1.82) is 0 Å². The maximum absolute atomic E-state index is 14.2. The summed E-state index contributed by atoms with van der Waals surface area (Å²) in [5, 5.41) is 4.34. The van der Waals surface area contributed by atoms with Crippen molar-refractivity contribution in [3.05, 3.63) is 58.5 Å². The molecule has 0 aliphatic rings. The second-order valence-corrected chi connectivity index (χ2v) is 5.87. The summed E-state index contributed by atoms with van der Waals surface area (Å²) in [6, 6.07) is 3.16. The first kappa shape index (κ1) is 16.9. The summed E-state index contributed by atoms with van der Waals surface area (Å²) < 4.78 is 28.7. The summed E-state index contributed by atoms with van der Waals surface area (Å²) in [6.45, 7) is 4.10. The van der Waals surface area contributed by atoms with Crippen molar-refractivity contribution in [1.82, 2.24) is 24.7 Å². The number of aromatic nitrogens is 5. The van der Waals surface area contributed by atoms with Crippen LogP contribution in [0, 0.1) is 17.6 Å². The quantitative estimate of drug-likeness (QED) is 0.771. The molecule has 0 bridgehead atoms. The van der Waals surface area contributed by atoms with Gasteiger partial charge in [0.2, 0.25) is 0 Å². The molecule has 6 nitrogen and oxygen atoms in total. The lowest BCUT2D eigenvalue weighted by Gasteiger charge is -2.06. The molecule has 2 heterocycles.